The van der Waals surface area contributed by atoms with Gasteiger partial charge in [-0.2, -0.15) is 0 Å². The van der Waals surface area contributed by atoms with E-state index < -0.39 is 0 Å². The van der Waals surface area contributed by atoms with Crippen LogP contribution in [0.5, 0.6) is 0 Å². The summed E-state index contributed by atoms with van der Waals surface area (Å²) in [5, 5.41) is 8.85. The summed E-state index contributed by atoms with van der Waals surface area (Å²) >= 11 is 3.47. The van der Waals surface area contributed by atoms with Crippen LogP contribution in [-0.2, 0) is 13.0 Å². The Bertz CT molecular complexity index is 482. The van der Waals surface area contributed by atoms with E-state index in [0.29, 0.717) is 0 Å². The Kier molecular flexibility index (Phi) is 4.34. The number of benzene rings is 1. The molecule has 0 amide bonds. The molecule has 1 aromatic carbocycles. The minimum atomic E-state index is 0.224. The van der Waals surface area contributed by atoms with Crippen molar-refractivity contribution in [2.45, 2.75) is 19.4 Å². The Labute approximate surface area is 109 Å². The second-order valence-corrected chi connectivity index (χ2v) is 4.89. The van der Waals surface area contributed by atoms with Crippen molar-refractivity contribution >= 4 is 15.9 Å². The predicted octanol–water partition coefficient (Wildman–Crippen LogP) is 2.62. The molecule has 0 radical (unpaired) electrons. The van der Waals surface area contributed by atoms with E-state index in [-0.39, 0.29) is 6.61 Å². The first kappa shape index (κ1) is 12.3. The van der Waals surface area contributed by atoms with Crippen molar-refractivity contribution in [3.63, 3.8) is 0 Å². The van der Waals surface area contributed by atoms with Crippen LogP contribution in [0.2, 0.25) is 0 Å². The van der Waals surface area contributed by atoms with Gasteiger partial charge in [0.15, 0.2) is 0 Å². The molecule has 0 unspecified atom stereocenters. The van der Waals surface area contributed by atoms with Crippen molar-refractivity contribution in [2.24, 2.45) is 0 Å². The van der Waals surface area contributed by atoms with Gasteiger partial charge in [-0.1, -0.05) is 28.1 Å². The maximum atomic E-state index is 8.85. The molecule has 4 heteroatoms. The smallest absolute Gasteiger partial charge is 0.0951 e. The van der Waals surface area contributed by atoms with Crippen LogP contribution >= 0.6 is 15.9 Å². The van der Waals surface area contributed by atoms with Crippen LogP contribution < -0.4 is 0 Å². The van der Waals surface area contributed by atoms with Crippen molar-refractivity contribution in [3.05, 3.63) is 52.5 Å². The predicted molar refractivity (Wildman–Crippen MR) is 70.9 cm³/mol. The van der Waals surface area contributed by atoms with E-state index in [4.69, 9.17) is 5.11 Å². The first-order chi connectivity index (χ1) is 8.29. The number of aromatic nitrogens is 2. The molecule has 0 saturated carbocycles. The monoisotopic (exact) mass is 294 g/mol. The summed E-state index contributed by atoms with van der Waals surface area (Å²) in [5.74, 6) is 0. The Morgan fingerprint density at radius 3 is 3.00 bits per heavy atom. The lowest BCUT2D eigenvalue weighted by Crippen LogP contribution is -2.04. The maximum absolute atomic E-state index is 8.85. The molecule has 0 fully saturated rings. The highest BCUT2D eigenvalue weighted by Gasteiger charge is 2.03. The summed E-state index contributed by atoms with van der Waals surface area (Å²) in [6.45, 7) is 1.04. The second-order valence-electron chi connectivity index (χ2n) is 3.97. The van der Waals surface area contributed by atoms with E-state index in [2.05, 4.69) is 37.6 Å². The quantitative estimate of drug-likeness (QED) is 0.921. The lowest BCUT2D eigenvalue weighted by Gasteiger charge is -2.08. The van der Waals surface area contributed by atoms with Crippen LogP contribution in [0.15, 0.2) is 41.3 Å². The fourth-order valence-electron chi connectivity index (χ4n) is 1.79. The average molecular weight is 295 g/mol. The fourth-order valence-corrected chi connectivity index (χ4v) is 2.24. The van der Waals surface area contributed by atoms with Gasteiger partial charge in [0.2, 0.25) is 0 Å². The number of rotatable bonds is 5. The topological polar surface area (TPSA) is 38.1 Å². The molecular formula is C13H15BrN2O. The molecule has 0 saturated heterocycles. The zero-order valence-electron chi connectivity index (χ0n) is 9.51. The Morgan fingerprint density at radius 1 is 1.35 bits per heavy atom. The molecule has 0 aliphatic rings. The first-order valence-electron chi connectivity index (χ1n) is 5.64. The number of aliphatic hydroxyl groups excluding tert-OH is 1. The molecule has 0 aliphatic carbocycles. The van der Waals surface area contributed by atoms with Gasteiger partial charge in [-0.25, -0.2) is 4.98 Å². The number of nitrogens with zero attached hydrogens (tertiary/aromatic N) is 2. The maximum Gasteiger partial charge on any atom is 0.0951 e. The third-order valence-corrected chi connectivity index (χ3v) is 3.12. The third-order valence-electron chi connectivity index (χ3n) is 2.63. The van der Waals surface area contributed by atoms with Crippen LogP contribution in [0.4, 0.5) is 0 Å². The van der Waals surface area contributed by atoms with Gasteiger partial charge in [-0.05, 0) is 30.5 Å². The van der Waals surface area contributed by atoms with E-state index in [1.165, 1.54) is 11.3 Å². The summed E-state index contributed by atoms with van der Waals surface area (Å²) in [6.07, 6.45) is 5.36. The molecule has 3 nitrogen and oxygen atoms in total. The normalized spacial score (nSPS) is 10.7. The van der Waals surface area contributed by atoms with Gasteiger partial charge in [0.25, 0.3) is 0 Å². The number of halogens is 1. The zero-order valence-corrected chi connectivity index (χ0v) is 11.1. The Hall–Kier alpha value is -1.13. The molecule has 17 heavy (non-hydrogen) atoms. The van der Waals surface area contributed by atoms with E-state index in [1.807, 2.05) is 24.7 Å². The molecule has 0 aliphatic heterocycles. The van der Waals surface area contributed by atoms with Crippen molar-refractivity contribution < 1.29 is 5.11 Å². The molecule has 1 heterocycles. The molecule has 1 aromatic heterocycles. The van der Waals surface area contributed by atoms with Gasteiger partial charge in [0.05, 0.1) is 6.33 Å². The molecular weight excluding hydrogens is 280 g/mol. The summed E-state index contributed by atoms with van der Waals surface area (Å²) in [4.78, 5) is 4.16. The number of imidazole rings is 1. The van der Waals surface area contributed by atoms with Crippen LogP contribution in [0.25, 0.3) is 0 Å². The van der Waals surface area contributed by atoms with Crippen LogP contribution in [0.1, 0.15) is 17.7 Å². The minimum absolute atomic E-state index is 0.224. The van der Waals surface area contributed by atoms with Crippen LogP contribution in [0.3, 0.4) is 0 Å². The molecule has 90 valence electrons. The molecule has 2 rings (SSSR count). The lowest BCUT2D eigenvalue weighted by molar-refractivity contribution is 0.287. The van der Waals surface area contributed by atoms with Gasteiger partial charge < -0.3 is 9.67 Å². The molecule has 2 aromatic rings. The van der Waals surface area contributed by atoms with E-state index in [1.54, 1.807) is 0 Å². The van der Waals surface area contributed by atoms with Gasteiger partial charge in [-0.15, -0.1) is 0 Å². The molecule has 1 N–H and O–H groups in total. The standard InChI is InChI=1S/C13H15BrN2O/c14-12-4-1-3-11(7-12)9-16-10-15-8-13(16)5-2-6-17/h1,3-4,7-8,10,17H,2,5-6,9H2. The summed E-state index contributed by atoms with van der Waals surface area (Å²) in [5.41, 5.74) is 2.40. The van der Waals surface area contributed by atoms with E-state index >= 15 is 0 Å². The van der Waals surface area contributed by atoms with E-state index in [9.17, 15) is 0 Å². The number of aliphatic hydroxyl groups is 1. The summed E-state index contributed by atoms with van der Waals surface area (Å²) in [6, 6.07) is 8.25. The number of hydrogen-bond donors (Lipinski definition) is 1. The number of hydrogen-bond acceptors (Lipinski definition) is 2. The SMILES string of the molecule is OCCCc1cncn1Cc1cccc(Br)c1. The van der Waals surface area contributed by atoms with Gasteiger partial charge in [0, 0.05) is 29.5 Å². The van der Waals surface area contributed by atoms with Crippen molar-refractivity contribution in [2.75, 3.05) is 6.61 Å². The summed E-state index contributed by atoms with van der Waals surface area (Å²) < 4.78 is 3.21. The van der Waals surface area contributed by atoms with Crippen LogP contribution in [-0.4, -0.2) is 21.3 Å². The first-order valence-corrected chi connectivity index (χ1v) is 6.43. The highest BCUT2D eigenvalue weighted by molar-refractivity contribution is 9.10. The fraction of sp³-hybridized carbons (Fsp3) is 0.308. The highest BCUT2D eigenvalue weighted by Crippen LogP contribution is 2.14. The van der Waals surface area contributed by atoms with Crippen molar-refractivity contribution in [3.8, 4) is 0 Å². The minimum Gasteiger partial charge on any atom is -0.396 e. The average Bonchev–Trinajstić information content (AvgIpc) is 2.74. The number of aryl methyl sites for hydroxylation is 1. The largest absolute Gasteiger partial charge is 0.396 e. The van der Waals surface area contributed by atoms with Gasteiger partial charge >= 0.3 is 0 Å². The molecule has 0 atom stereocenters. The lowest BCUT2D eigenvalue weighted by atomic mass is 10.2. The van der Waals surface area contributed by atoms with Gasteiger partial charge in [0.1, 0.15) is 0 Å². The molecule has 0 spiro atoms. The summed E-state index contributed by atoms with van der Waals surface area (Å²) in [7, 11) is 0. The van der Waals surface area contributed by atoms with Gasteiger partial charge in [-0.3, -0.25) is 0 Å². The Balaban J connectivity index is 2.10. The van der Waals surface area contributed by atoms with Crippen molar-refractivity contribution in [1.82, 2.24) is 9.55 Å². The van der Waals surface area contributed by atoms with Crippen LogP contribution in [0, 0.1) is 0 Å². The molecule has 0 bridgehead atoms. The van der Waals surface area contributed by atoms with Crippen molar-refractivity contribution in [1.29, 1.82) is 0 Å². The third kappa shape index (κ3) is 3.41. The second kappa shape index (κ2) is 5.98. The Morgan fingerprint density at radius 2 is 2.24 bits per heavy atom. The zero-order chi connectivity index (χ0) is 12.1. The van der Waals surface area contributed by atoms with E-state index in [0.717, 1.165) is 23.9 Å². The highest BCUT2D eigenvalue weighted by atomic mass is 79.9.